The van der Waals surface area contributed by atoms with Gasteiger partial charge in [0.25, 0.3) is 5.91 Å². The number of anilines is 1. The molecular formula is C32H39N3O6. The molecule has 1 amide bonds. The molecule has 0 saturated carbocycles. The maximum absolute atomic E-state index is 12.5. The van der Waals surface area contributed by atoms with Crippen LogP contribution in [0.5, 0.6) is 0 Å². The van der Waals surface area contributed by atoms with Crippen LogP contribution >= 0.6 is 0 Å². The van der Waals surface area contributed by atoms with Crippen molar-refractivity contribution in [2.75, 3.05) is 25.5 Å². The zero-order valence-electron chi connectivity index (χ0n) is 24.0. The molecule has 1 aromatic heterocycles. The molecule has 0 spiro atoms. The highest BCUT2D eigenvalue weighted by molar-refractivity contribution is 5.95. The molecule has 3 aromatic rings. The molecule has 1 aliphatic heterocycles. The van der Waals surface area contributed by atoms with E-state index in [-0.39, 0.29) is 24.7 Å². The molecule has 9 nitrogen and oxygen atoms in total. The van der Waals surface area contributed by atoms with Crippen molar-refractivity contribution in [2.24, 2.45) is 5.92 Å². The molecule has 4 rings (SSSR count). The van der Waals surface area contributed by atoms with E-state index >= 15 is 0 Å². The van der Waals surface area contributed by atoms with Crippen molar-refractivity contribution in [3.63, 3.8) is 0 Å². The fourth-order valence-corrected chi connectivity index (χ4v) is 4.89. The van der Waals surface area contributed by atoms with Gasteiger partial charge in [0.1, 0.15) is 0 Å². The number of rotatable bonds is 11. The number of esters is 1. The fourth-order valence-electron chi connectivity index (χ4n) is 4.89. The predicted octanol–water partition coefficient (Wildman–Crippen LogP) is 4.43. The molecule has 0 bridgehead atoms. The highest BCUT2D eigenvalue weighted by atomic mass is 16.7. The number of aromatic nitrogens is 1. The molecule has 1 fully saturated rings. The minimum atomic E-state index is -0.920. The van der Waals surface area contributed by atoms with Gasteiger partial charge in [-0.25, -0.2) is 0 Å². The van der Waals surface area contributed by atoms with E-state index in [0.29, 0.717) is 12.2 Å². The summed E-state index contributed by atoms with van der Waals surface area (Å²) in [6.45, 7) is 6.42. The third-order valence-corrected chi connectivity index (χ3v) is 7.23. The molecule has 1 saturated heterocycles. The molecule has 1 aliphatic rings. The van der Waals surface area contributed by atoms with Crippen LogP contribution in [-0.2, 0) is 36.8 Å². The second-order valence-corrected chi connectivity index (χ2v) is 10.5. The molecule has 2 heterocycles. The Bertz CT molecular complexity index is 1290. The quantitative estimate of drug-likeness (QED) is 0.331. The van der Waals surface area contributed by atoms with Crippen molar-refractivity contribution < 1.29 is 28.9 Å². The van der Waals surface area contributed by atoms with Crippen LogP contribution in [0.15, 0.2) is 72.9 Å². The Morgan fingerprint density at radius 2 is 1.85 bits per heavy atom. The third kappa shape index (κ3) is 8.43. The van der Waals surface area contributed by atoms with Crippen molar-refractivity contribution in [1.29, 1.82) is 0 Å². The molecule has 41 heavy (non-hydrogen) atoms. The van der Waals surface area contributed by atoms with E-state index in [2.05, 4.69) is 29.2 Å². The minimum Gasteiger partial charge on any atom is -0.453 e. The monoisotopic (exact) mass is 561 g/mol. The third-order valence-electron chi connectivity index (χ3n) is 7.23. The van der Waals surface area contributed by atoms with Gasteiger partial charge < -0.3 is 29.5 Å². The van der Waals surface area contributed by atoms with E-state index in [1.54, 1.807) is 6.07 Å². The fraction of sp³-hybridized carbons (Fsp3) is 0.406. The lowest BCUT2D eigenvalue weighted by Crippen LogP contribution is -2.44. The second kappa shape index (κ2) is 14.3. The summed E-state index contributed by atoms with van der Waals surface area (Å²) < 4.78 is 18.1. The van der Waals surface area contributed by atoms with Crippen molar-refractivity contribution in [3.05, 3.63) is 95.3 Å². The summed E-state index contributed by atoms with van der Waals surface area (Å²) in [6.07, 6.45) is 0.647. The van der Waals surface area contributed by atoms with Gasteiger partial charge in [0.05, 0.1) is 18.8 Å². The Morgan fingerprint density at radius 3 is 2.54 bits per heavy atom. The first kappa shape index (κ1) is 30.3. The maximum Gasteiger partial charge on any atom is 0.303 e. The van der Waals surface area contributed by atoms with Gasteiger partial charge >= 0.3 is 5.97 Å². The van der Waals surface area contributed by atoms with Crippen molar-refractivity contribution in [1.82, 2.24) is 9.88 Å². The van der Waals surface area contributed by atoms with Crippen LogP contribution in [0.25, 0.3) is 0 Å². The van der Waals surface area contributed by atoms with E-state index in [4.69, 9.17) is 14.2 Å². The Labute approximate surface area is 241 Å². The van der Waals surface area contributed by atoms with E-state index in [0.717, 1.165) is 35.3 Å². The number of pyridine rings is 1. The highest BCUT2D eigenvalue weighted by Gasteiger charge is 2.39. The van der Waals surface area contributed by atoms with Gasteiger partial charge in [0, 0.05) is 55.5 Å². The first-order chi connectivity index (χ1) is 19.7. The smallest absolute Gasteiger partial charge is 0.303 e. The van der Waals surface area contributed by atoms with Crippen molar-refractivity contribution >= 4 is 17.6 Å². The van der Waals surface area contributed by atoms with E-state index in [1.165, 1.54) is 13.8 Å². The molecule has 2 N–H and O–H groups in total. The Hall–Kier alpha value is -3.63. The van der Waals surface area contributed by atoms with Crippen LogP contribution in [0.4, 0.5) is 5.69 Å². The number of amides is 1. The number of aliphatic hydroxyl groups excluding tert-OH is 1. The van der Waals surface area contributed by atoms with Gasteiger partial charge in [-0.3, -0.25) is 14.6 Å². The number of aliphatic hydroxyl groups is 1. The number of benzene rings is 2. The van der Waals surface area contributed by atoms with Gasteiger partial charge in [0.2, 0.25) is 0 Å². The lowest BCUT2D eigenvalue weighted by atomic mass is 9.90. The van der Waals surface area contributed by atoms with E-state index in [1.807, 2.05) is 66.9 Å². The second-order valence-electron chi connectivity index (χ2n) is 10.5. The van der Waals surface area contributed by atoms with Gasteiger partial charge in [-0.05, 0) is 49.4 Å². The molecule has 5 atom stereocenters. The average Bonchev–Trinajstić information content (AvgIpc) is 2.97. The standard InChI is InChI=1S/C32H39N3O6/c1-21-29(19-35(4)17-15-27-9-5-6-16-33-27)40-32(41-30(21)25-13-11-24(20-36)12-14-25)26-8-7-10-28(18-26)34-31(38)22(2)39-23(3)37/h5-14,16,18,21-22,29-30,32,36H,15,17,19-20H2,1-4H3,(H,34,38)/t21-,22-,29+,30+,32+/m0/s1. The van der Waals surface area contributed by atoms with Crippen LogP contribution in [0, 0.1) is 5.92 Å². The zero-order valence-corrected chi connectivity index (χ0v) is 24.0. The number of nitrogens with zero attached hydrogens (tertiary/aromatic N) is 2. The lowest BCUT2D eigenvalue weighted by molar-refractivity contribution is -0.275. The number of hydrogen-bond acceptors (Lipinski definition) is 8. The summed E-state index contributed by atoms with van der Waals surface area (Å²) in [7, 11) is 2.08. The first-order valence-electron chi connectivity index (χ1n) is 13.9. The SMILES string of the molecule is CC(=O)O[C@@H](C)C(=O)Nc1cccc([C@@H]2O[C@H](CN(C)CCc3ccccn3)[C@H](C)[C@H](c3ccc(CO)cc3)O2)c1. The van der Waals surface area contributed by atoms with Crippen molar-refractivity contribution in [3.8, 4) is 0 Å². The maximum atomic E-state index is 12.5. The van der Waals surface area contributed by atoms with Gasteiger partial charge in [0.15, 0.2) is 12.4 Å². The summed E-state index contributed by atoms with van der Waals surface area (Å²) in [5.41, 5.74) is 4.19. The normalized spacial score (nSPS) is 21.3. The molecule has 218 valence electrons. The van der Waals surface area contributed by atoms with E-state index in [9.17, 15) is 14.7 Å². The molecule has 9 heteroatoms. The highest BCUT2D eigenvalue weighted by Crippen LogP contribution is 2.42. The largest absolute Gasteiger partial charge is 0.453 e. The lowest BCUT2D eigenvalue weighted by Gasteiger charge is -2.42. The van der Waals surface area contributed by atoms with Gasteiger partial charge in [-0.1, -0.05) is 49.4 Å². The van der Waals surface area contributed by atoms with Gasteiger partial charge in [-0.2, -0.15) is 0 Å². The van der Waals surface area contributed by atoms with Crippen LogP contribution < -0.4 is 5.32 Å². The van der Waals surface area contributed by atoms with Crippen LogP contribution in [0.3, 0.4) is 0 Å². The topological polar surface area (TPSA) is 110 Å². The molecule has 0 aliphatic carbocycles. The summed E-state index contributed by atoms with van der Waals surface area (Å²) in [5.74, 6) is -0.907. The Morgan fingerprint density at radius 1 is 1.07 bits per heavy atom. The van der Waals surface area contributed by atoms with Crippen LogP contribution in [-0.4, -0.2) is 59.2 Å². The van der Waals surface area contributed by atoms with Crippen LogP contribution in [0.1, 0.15) is 55.5 Å². The zero-order chi connectivity index (χ0) is 29.4. The number of carbonyl (C=O) groups is 2. The summed E-state index contributed by atoms with van der Waals surface area (Å²) in [4.78, 5) is 30.5. The van der Waals surface area contributed by atoms with Crippen LogP contribution in [0.2, 0.25) is 0 Å². The molecular weight excluding hydrogens is 522 g/mol. The molecule has 2 aromatic carbocycles. The number of carbonyl (C=O) groups excluding carboxylic acids is 2. The van der Waals surface area contributed by atoms with Gasteiger partial charge in [-0.15, -0.1) is 0 Å². The predicted molar refractivity (Wildman–Crippen MR) is 155 cm³/mol. The van der Waals surface area contributed by atoms with Crippen molar-refractivity contribution in [2.45, 2.75) is 58.4 Å². The number of nitrogens with one attached hydrogen (secondary N) is 1. The molecule has 0 unspecified atom stereocenters. The average molecular weight is 562 g/mol. The Balaban J connectivity index is 1.53. The Kier molecular flexibility index (Phi) is 10.6. The number of likely N-dealkylation sites (N-methyl/N-ethyl adjacent to an activating group) is 1. The number of ether oxygens (including phenoxy) is 3. The summed E-state index contributed by atoms with van der Waals surface area (Å²) in [5, 5.41) is 12.3. The summed E-state index contributed by atoms with van der Waals surface area (Å²) >= 11 is 0. The summed E-state index contributed by atoms with van der Waals surface area (Å²) in [6, 6.07) is 21.0. The molecule has 0 radical (unpaired) electrons. The minimum absolute atomic E-state index is 0.0224. The first-order valence-corrected chi connectivity index (χ1v) is 13.9. The number of hydrogen-bond donors (Lipinski definition) is 2. The van der Waals surface area contributed by atoms with E-state index < -0.39 is 24.3 Å².